The van der Waals surface area contributed by atoms with E-state index in [4.69, 9.17) is 10.9 Å². The number of nitrogens with one attached hydrogen (secondary N) is 1. The molecule has 0 heterocycles. The summed E-state index contributed by atoms with van der Waals surface area (Å²) in [4.78, 5) is 11.3. The molecular formula is C13H19N3O2. The lowest BCUT2D eigenvalue weighted by Gasteiger charge is -2.12. The number of amides is 1. The Morgan fingerprint density at radius 2 is 2.11 bits per heavy atom. The molecule has 5 nitrogen and oxygen atoms in total. The Labute approximate surface area is 107 Å². The van der Waals surface area contributed by atoms with Crippen LogP contribution in [0.4, 0.5) is 0 Å². The van der Waals surface area contributed by atoms with Gasteiger partial charge in [0.15, 0.2) is 0 Å². The fourth-order valence-electron chi connectivity index (χ4n) is 1.64. The van der Waals surface area contributed by atoms with Gasteiger partial charge in [-0.2, -0.15) is 0 Å². The number of hydrogen-bond donors (Lipinski definition) is 3. The molecule has 0 spiro atoms. The minimum absolute atomic E-state index is 0.0732. The molecule has 5 heteroatoms. The second-order valence-electron chi connectivity index (χ2n) is 4.22. The molecule has 1 unspecified atom stereocenters. The average Bonchev–Trinajstić information content (AvgIpc) is 2.39. The fraction of sp³-hybridized carbons (Fsp3) is 0.385. The van der Waals surface area contributed by atoms with Crippen molar-refractivity contribution in [1.29, 1.82) is 0 Å². The van der Waals surface area contributed by atoms with Gasteiger partial charge in [0.1, 0.15) is 5.84 Å². The Balaban J connectivity index is 2.28. The summed E-state index contributed by atoms with van der Waals surface area (Å²) in [6.07, 6.45) is 0.780. The van der Waals surface area contributed by atoms with E-state index < -0.39 is 0 Å². The number of carbonyl (C=O) groups excluding carboxylic acids is 1. The molecule has 1 aromatic rings. The van der Waals surface area contributed by atoms with Crippen LogP contribution in [0.1, 0.15) is 31.2 Å². The minimum Gasteiger partial charge on any atom is -0.409 e. The van der Waals surface area contributed by atoms with E-state index in [-0.39, 0.29) is 18.2 Å². The second kappa shape index (κ2) is 7.32. The molecular weight excluding hydrogens is 230 g/mol. The van der Waals surface area contributed by atoms with E-state index in [9.17, 15) is 4.79 Å². The maximum absolute atomic E-state index is 11.3. The monoisotopic (exact) mass is 249 g/mol. The van der Waals surface area contributed by atoms with Crippen LogP contribution in [0.25, 0.3) is 0 Å². The van der Waals surface area contributed by atoms with Crippen LogP contribution in [0.15, 0.2) is 35.5 Å². The number of benzene rings is 1. The Kier molecular flexibility index (Phi) is 5.70. The number of rotatable bonds is 6. The Bertz CT molecular complexity index is 404. The molecule has 0 aromatic heterocycles. The molecule has 0 fully saturated rings. The van der Waals surface area contributed by atoms with Crippen molar-refractivity contribution in [3.63, 3.8) is 0 Å². The lowest BCUT2D eigenvalue weighted by atomic mass is 9.98. The highest BCUT2D eigenvalue weighted by Crippen LogP contribution is 2.17. The van der Waals surface area contributed by atoms with Crippen molar-refractivity contribution in [3.8, 4) is 0 Å². The summed E-state index contributed by atoms with van der Waals surface area (Å²) in [6.45, 7) is 2.69. The van der Waals surface area contributed by atoms with Crippen LogP contribution >= 0.6 is 0 Å². The van der Waals surface area contributed by atoms with Crippen molar-refractivity contribution in [2.24, 2.45) is 10.9 Å². The van der Waals surface area contributed by atoms with Gasteiger partial charge in [-0.1, -0.05) is 42.4 Å². The van der Waals surface area contributed by atoms with Gasteiger partial charge >= 0.3 is 0 Å². The molecule has 1 amide bonds. The summed E-state index contributed by atoms with van der Waals surface area (Å²) in [5.74, 6) is 0.0736. The van der Waals surface area contributed by atoms with Crippen molar-refractivity contribution in [2.45, 2.75) is 25.7 Å². The normalized spacial score (nSPS) is 13.1. The first-order valence-corrected chi connectivity index (χ1v) is 5.91. The summed E-state index contributed by atoms with van der Waals surface area (Å²) in [7, 11) is 0. The zero-order valence-electron chi connectivity index (χ0n) is 10.5. The third-order valence-electron chi connectivity index (χ3n) is 2.74. The number of nitrogens with two attached hydrogens (primary N) is 1. The predicted octanol–water partition coefficient (Wildman–Crippen LogP) is 1.43. The molecule has 1 atom stereocenters. The SMILES string of the molecule is CC(CCNC(=O)CC(N)=NO)c1ccccc1. The quantitative estimate of drug-likeness (QED) is 0.308. The van der Waals surface area contributed by atoms with E-state index in [1.165, 1.54) is 5.56 Å². The van der Waals surface area contributed by atoms with Crippen LogP contribution in [0.5, 0.6) is 0 Å². The van der Waals surface area contributed by atoms with Crippen LogP contribution in [-0.4, -0.2) is 23.5 Å². The maximum Gasteiger partial charge on any atom is 0.227 e. The molecule has 0 radical (unpaired) electrons. The summed E-state index contributed by atoms with van der Waals surface area (Å²) in [5.41, 5.74) is 6.49. The minimum atomic E-state index is -0.231. The van der Waals surface area contributed by atoms with E-state index in [0.29, 0.717) is 12.5 Å². The summed E-state index contributed by atoms with van der Waals surface area (Å²) in [6, 6.07) is 10.1. The lowest BCUT2D eigenvalue weighted by Crippen LogP contribution is -2.29. The Morgan fingerprint density at radius 1 is 1.44 bits per heavy atom. The maximum atomic E-state index is 11.3. The molecule has 0 aliphatic rings. The second-order valence-corrected chi connectivity index (χ2v) is 4.22. The summed E-state index contributed by atoms with van der Waals surface area (Å²) >= 11 is 0. The van der Waals surface area contributed by atoms with Crippen molar-refractivity contribution < 1.29 is 10.0 Å². The van der Waals surface area contributed by atoms with Gasteiger partial charge in [-0.15, -0.1) is 0 Å². The van der Waals surface area contributed by atoms with E-state index in [1.54, 1.807) is 0 Å². The fourth-order valence-corrected chi connectivity index (χ4v) is 1.64. The Hall–Kier alpha value is -2.04. The summed E-state index contributed by atoms with van der Waals surface area (Å²) in [5, 5.41) is 13.8. The zero-order chi connectivity index (χ0) is 13.4. The predicted molar refractivity (Wildman–Crippen MR) is 70.5 cm³/mol. The number of nitrogens with zero attached hydrogens (tertiary/aromatic N) is 1. The van der Waals surface area contributed by atoms with Crippen molar-refractivity contribution >= 4 is 11.7 Å². The lowest BCUT2D eigenvalue weighted by molar-refractivity contribution is -0.119. The first-order chi connectivity index (χ1) is 8.63. The van der Waals surface area contributed by atoms with Crippen LogP contribution in [0, 0.1) is 0 Å². The van der Waals surface area contributed by atoms with Crippen molar-refractivity contribution in [3.05, 3.63) is 35.9 Å². The highest BCUT2D eigenvalue weighted by atomic mass is 16.4. The first kappa shape index (κ1) is 14.0. The van der Waals surface area contributed by atoms with Gasteiger partial charge in [0.25, 0.3) is 0 Å². The third-order valence-corrected chi connectivity index (χ3v) is 2.74. The van der Waals surface area contributed by atoms with Gasteiger partial charge in [-0.25, -0.2) is 0 Å². The highest BCUT2D eigenvalue weighted by molar-refractivity contribution is 5.98. The molecule has 1 rings (SSSR count). The van der Waals surface area contributed by atoms with Gasteiger partial charge in [-0.3, -0.25) is 4.79 Å². The molecule has 1 aromatic carbocycles. The van der Waals surface area contributed by atoms with Crippen LogP contribution in [0.3, 0.4) is 0 Å². The van der Waals surface area contributed by atoms with E-state index in [1.807, 2.05) is 18.2 Å². The van der Waals surface area contributed by atoms with Gasteiger partial charge < -0.3 is 16.3 Å². The molecule has 0 aliphatic carbocycles. The number of hydrogen-bond acceptors (Lipinski definition) is 3. The smallest absolute Gasteiger partial charge is 0.227 e. The molecule has 0 saturated carbocycles. The number of oxime groups is 1. The van der Waals surface area contributed by atoms with Gasteiger partial charge in [-0.05, 0) is 17.9 Å². The van der Waals surface area contributed by atoms with Crippen LogP contribution in [-0.2, 0) is 4.79 Å². The van der Waals surface area contributed by atoms with E-state index in [0.717, 1.165) is 6.42 Å². The van der Waals surface area contributed by atoms with Crippen LogP contribution in [0.2, 0.25) is 0 Å². The topological polar surface area (TPSA) is 87.7 Å². The van der Waals surface area contributed by atoms with Crippen LogP contribution < -0.4 is 11.1 Å². The third kappa shape index (κ3) is 4.86. The number of amidine groups is 1. The molecule has 98 valence electrons. The highest BCUT2D eigenvalue weighted by Gasteiger charge is 2.07. The molecule has 4 N–H and O–H groups in total. The zero-order valence-corrected chi connectivity index (χ0v) is 10.5. The van der Waals surface area contributed by atoms with Gasteiger partial charge in [0.05, 0.1) is 6.42 Å². The van der Waals surface area contributed by atoms with Crippen molar-refractivity contribution in [1.82, 2.24) is 5.32 Å². The summed E-state index contributed by atoms with van der Waals surface area (Å²) < 4.78 is 0. The Morgan fingerprint density at radius 3 is 2.72 bits per heavy atom. The first-order valence-electron chi connectivity index (χ1n) is 5.91. The average molecular weight is 249 g/mol. The standard InChI is InChI=1S/C13H19N3O2/c1-10(11-5-3-2-4-6-11)7-8-15-13(17)9-12(14)16-18/h2-6,10,18H,7-9H2,1H3,(H2,14,16)(H,15,17). The van der Waals surface area contributed by atoms with Gasteiger partial charge in [0.2, 0.25) is 5.91 Å². The van der Waals surface area contributed by atoms with E-state index in [2.05, 4.69) is 29.5 Å². The van der Waals surface area contributed by atoms with E-state index >= 15 is 0 Å². The number of carbonyl (C=O) groups is 1. The molecule has 18 heavy (non-hydrogen) atoms. The molecule has 0 aliphatic heterocycles. The molecule has 0 bridgehead atoms. The largest absolute Gasteiger partial charge is 0.409 e. The van der Waals surface area contributed by atoms with Crippen molar-refractivity contribution in [2.75, 3.05) is 6.54 Å². The molecule has 0 saturated heterocycles. The van der Waals surface area contributed by atoms with Gasteiger partial charge in [0, 0.05) is 6.54 Å².